The number of carbonyl (C=O) groups excluding carboxylic acids is 1. The first-order valence-corrected chi connectivity index (χ1v) is 11.8. The Balaban J connectivity index is 1.44. The summed E-state index contributed by atoms with van der Waals surface area (Å²) in [6.07, 6.45) is 2.35. The molecular formula is C28H29FN4O4. The Bertz CT molecular complexity index is 1300. The Morgan fingerprint density at radius 1 is 1.14 bits per heavy atom. The molecule has 1 fully saturated rings. The SMILES string of the molecule is COc1ccc(CC2CN(c3ccc(C=CC(=O)Nc4ccccc4N)cc3F)CCN2C(=O)O)cc1. The van der Waals surface area contributed by atoms with E-state index in [1.165, 1.54) is 23.1 Å². The van der Waals surface area contributed by atoms with E-state index >= 15 is 4.39 Å². The lowest BCUT2D eigenvalue weighted by Crippen LogP contribution is -2.56. The fraction of sp³-hybridized carbons (Fsp3) is 0.214. The molecule has 1 aliphatic rings. The van der Waals surface area contributed by atoms with Gasteiger partial charge in [-0.15, -0.1) is 0 Å². The van der Waals surface area contributed by atoms with E-state index < -0.39 is 11.9 Å². The maximum atomic E-state index is 15.1. The normalized spacial score (nSPS) is 15.6. The van der Waals surface area contributed by atoms with Gasteiger partial charge < -0.3 is 30.7 Å². The van der Waals surface area contributed by atoms with Crippen molar-refractivity contribution in [1.82, 2.24) is 4.90 Å². The number of methoxy groups -OCH3 is 1. The van der Waals surface area contributed by atoms with Crippen LogP contribution in [0, 0.1) is 5.82 Å². The maximum Gasteiger partial charge on any atom is 0.407 e. The second-order valence-corrected chi connectivity index (χ2v) is 8.75. The van der Waals surface area contributed by atoms with Crippen LogP contribution in [0.2, 0.25) is 0 Å². The van der Waals surface area contributed by atoms with Crippen LogP contribution in [-0.4, -0.2) is 54.8 Å². The van der Waals surface area contributed by atoms with Gasteiger partial charge in [-0.25, -0.2) is 9.18 Å². The molecule has 0 spiro atoms. The van der Waals surface area contributed by atoms with E-state index in [4.69, 9.17) is 10.5 Å². The number of nitrogens with zero attached hydrogens (tertiary/aromatic N) is 2. The molecule has 1 atom stereocenters. The summed E-state index contributed by atoms with van der Waals surface area (Å²) < 4.78 is 20.3. The van der Waals surface area contributed by atoms with Crippen molar-refractivity contribution in [2.75, 3.05) is 42.7 Å². The molecule has 1 heterocycles. The Morgan fingerprint density at radius 3 is 2.57 bits per heavy atom. The lowest BCUT2D eigenvalue weighted by Gasteiger charge is -2.41. The first-order chi connectivity index (χ1) is 17.8. The molecule has 0 radical (unpaired) electrons. The van der Waals surface area contributed by atoms with Crippen molar-refractivity contribution in [3.05, 3.63) is 89.8 Å². The van der Waals surface area contributed by atoms with Crippen molar-refractivity contribution in [3.8, 4) is 5.75 Å². The molecule has 0 aliphatic carbocycles. The minimum atomic E-state index is -0.991. The van der Waals surface area contributed by atoms with E-state index in [2.05, 4.69) is 5.32 Å². The number of nitrogens with one attached hydrogen (secondary N) is 1. The van der Waals surface area contributed by atoms with Crippen LogP contribution >= 0.6 is 0 Å². The highest BCUT2D eigenvalue weighted by atomic mass is 19.1. The number of nitrogens with two attached hydrogens (primary N) is 1. The molecule has 192 valence electrons. The Morgan fingerprint density at radius 2 is 1.89 bits per heavy atom. The molecule has 3 aromatic carbocycles. The lowest BCUT2D eigenvalue weighted by atomic mass is 10.0. The second-order valence-electron chi connectivity index (χ2n) is 8.75. The number of carboxylic acid groups (broad SMARTS) is 1. The van der Waals surface area contributed by atoms with E-state index in [0.29, 0.717) is 42.1 Å². The number of amides is 2. The minimum absolute atomic E-state index is 0.264. The van der Waals surface area contributed by atoms with Crippen LogP contribution in [0.15, 0.2) is 72.8 Å². The summed E-state index contributed by atoms with van der Waals surface area (Å²) in [7, 11) is 1.59. The third-order valence-corrected chi connectivity index (χ3v) is 6.32. The molecule has 4 N–H and O–H groups in total. The number of benzene rings is 3. The van der Waals surface area contributed by atoms with Crippen LogP contribution in [0.1, 0.15) is 11.1 Å². The molecule has 2 amide bonds. The number of nitrogen functional groups attached to an aromatic ring is 1. The van der Waals surface area contributed by atoms with Gasteiger partial charge in [-0.05, 0) is 60.0 Å². The first kappa shape index (κ1) is 25.6. The van der Waals surface area contributed by atoms with Gasteiger partial charge in [0.25, 0.3) is 0 Å². The largest absolute Gasteiger partial charge is 0.497 e. The number of piperazine rings is 1. The number of para-hydroxylation sites is 2. The maximum absolute atomic E-state index is 15.1. The zero-order valence-corrected chi connectivity index (χ0v) is 20.4. The zero-order chi connectivity index (χ0) is 26.4. The van der Waals surface area contributed by atoms with Crippen LogP contribution in [0.25, 0.3) is 6.08 Å². The standard InChI is InChI=1S/C28H29FN4O4/c1-37-22-10-6-19(7-11-22)16-21-18-32(14-15-33(21)28(35)36)26-12-8-20(17-23(26)29)9-13-27(34)31-25-5-3-2-4-24(25)30/h2-13,17,21H,14-16,18,30H2,1H3,(H,31,34)(H,35,36). The van der Waals surface area contributed by atoms with Gasteiger partial charge in [0.05, 0.1) is 30.2 Å². The van der Waals surface area contributed by atoms with Gasteiger partial charge in [0.1, 0.15) is 11.6 Å². The Labute approximate surface area is 214 Å². The number of anilines is 3. The van der Waals surface area contributed by atoms with Crippen molar-refractivity contribution in [2.24, 2.45) is 0 Å². The number of ether oxygens (including phenoxy) is 1. The number of hydrogen-bond acceptors (Lipinski definition) is 5. The van der Waals surface area contributed by atoms with E-state index in [1.807, 2.05) is 29.2 Å². The highest BCUT2D eigenvalue weighted by Gasteiger charge is 2.31. The third kappa shape index (κ3) is 6.38. The molecule has 3 aromatic rings. The van der Waals surface area contributed by atoms with E-state index in [0.717, 1.165) is 11.3 Å². The van der Waals surface area contributed by atoms with E-state index in [1.54, 1.807) is 43.5 Å². The number of hydrogen-bond donors (Lipinski definition) is 3. The average molecular weight is 505 g/mol. The van der Waals surface area contributed by atoms with Crippen LogP contribution in [0.3, 0.4) is 0 Å². The van der Waals surface area contributed by atoms with Crippen molar-refractivity contribution < 1.29 is 23.8 Å². The fourth-order valence-electron chi connectivity index (χ4n) is 4.37. The third-order valence-electron chi connectivity index (χ3n) is 6.32. The van der Waals surface area contributed by atoms with Gasteiger partial charge in [0.2, 0.25) is 5.91 Å². The van der Waals surface area contributed by atoms with Crippen molar-refractivity contribution in [2.45, 2.75) is 12.5 Å². The fourth-order valence-corrected chi connectivity index (χ4v) is 4.37. The summed E-state index contributed by atoms with van der Waals surface area (Å²) in [6.45, 7) is 0.990. The minimum Gasteiger partial charge on any atom is -0.497 e. The van der Waals surface area contributed by atoms with Gasteiger partial charge >= 0.3 is 6.09 Å². The molecule has 0 aromatic heterocycles. The predicted octanol–water partition coefficient (Wildman–Crippen LogP) is 4.48. The highest BCUT2D eigenvalue weighted by Crippen LogP contribution is 2.26. The number of halogens is 1. The summed E-state index contributed by atoms with van der Waals surface area (Å²) >= 11 is 0. The zero-order valence-electron chi connectivity index (χ0n) is 20.4. The molecule has 1 saturated heterocycles. The van der Waals surface area contributed by atoms with Crippen molar-refractivity contribution in [3.63, 3.8) is 0 Å². The van der Waals surface area contributed by atoms with Gasteiger partial charge in [0.15, 0.2) is 0 Å². The summed E-state index contributed by atoms with van der Waals surface area (Å²) in [6, 6.07) is 18.8. The first-order valence-electron chi connectivity index (χ1n) is 11.8. The summed E-state index contributed by atoms with van der Waals surface area (Å²) in [4.78, 5) is 27.3. The molecule has 4 rings (SSSR count). The summed E-state index contributed by atoms with van der Waals surface area (Å²) in [5.41, 5.74) is 8.68. The molecule has 1 unspecified atom stereocenters. The summed E-state index contributed by atoms with van der Waals surface area (Å²) in [5, 5.41) is 12.4. The topological polar surface area (TPSA) is 108 Å². The lowest BCUT2D eigenvalue weighted by molar-refractivity contribution is -0.111. The van der Waals surface area contributed by atoms with Crippen LogP contribution in [0.5, 0.6) is 5.75 Å². The second kappa shape index (κ2) is 11.5. The van der Waals surface area contributed by atoms with E-state index in [-0.39, 0.29) is 18.5 Å². The van der Waals surface area contributed by atoms with Gasteiger partial charge in [-0.3, -0.25) is 4.79 Å². The molecule has 1 aliphatic heterocycles. The average Bonchev–Trinajstić information content (AvgIpc) is 2.89. The molecule has 0 saturated carbocycles. The van der Waals surface area contributed by atoms with Gasteiger partial charge in [-0.2, -0.15) is 0 Å². The molecular weight excluding hydrogens is 475 g/mol. The molecule has 37 heavy (non-hydrogen) atoms. The van der Waals surface area contributed by atoms with Crippen molar-refractivity contribution >= 4 is 35.1 Å². The Hall–Kier alpha value is -4.53. The van der Waals surface area contributed by atoms with E-state index in [9.17, 15) is 14.7 Å². The number of carbonyl (C=O) groups is 2. The number of rotatable bonds is 7. The van der Waals surface area contributed by atoms with Crippen molar-refractivity contribution in [1.29, 1.82) is 0 Å². The predicted molar refractivity (Wildman–Crippen MR) is 142 cm³/mol. The highest BCUT2D eigenvalue weighted by molar-refractivity contribution is 6.03. The molecule has 9 heteroatoms. The molecule has 8 nitrogen and oxygen atoms in total. The van der Waals surface area contributed by atoms with Crippen LogP contribution in [-0.2, 0) is 11.2 Å². The van der Waals surface area contributed by atoms with Crippen LogP contribution < -0.4 is 20.7 Å². The smallest absolute Gasteiger partial charge is 0.407 e. The Kier molecular flexibility index (Phi) is 7.92. The van der Waals surface area contributed by atoms with Gasteiger partial charge in [-0.1, -0.05) is 30.3 Å². The monoisotopic (exact) mass is 504 g/mol. The van der Waals surface area contributed by atoms with Crippen LogP contribution in [0.4, 0.5) is 26.2 Å². The molecule has 0 bridgehead atoms. The quantitative estimate of drug-likeness (QED) is 0.324. The van der Waals surface area contributed by atoms with Gasteiger partial charge in [0, 0.05) is 25.7 Å². The summed E-state index contributed by atoms with van der Waals surface area (Å²) in [5.74, 6) is -0.0996.